The summed E-state index contributed by atoms with van der Waals surface area (Å²) >= 11 is 1.11. The molecule has 0 aliphatic heterocycles. The van der Waals surface area contributed by atoms with Gasteiger partial charge in [0.15, 0.2) is 11.2 Å². The van der Waals surface area contributed by atoms with Crippen LogP contribution in [0.3, 0.4) is 0 Å². The van der Waals surface area contributed by atoms with E-state index in [1.165, 1.54) is 12.5 Å². The van der Waals surface area contributed by atoms with E-state index in [0.717, 1.165) is 31.0 Å². The van der Waals surface area contributed by atoms with Gasteiger partial charge < -0.3 is 10.4 Å². The van der Waals surface area contributed by atoms with E-state index in [1.807, 2.05) is 18.2 Å². The van der Waals surface area contributed by atoms with Crippen LogP contribution in [0, 0.1) is 5.92 Å². The summed E-state index contributed by atoms with van der Waals surface area (Å²) in [5.41, 5.74) is 1.78. The highest BCUT2D eigenvalue weighted by Gasteiger charge is 2.26. The molecule has 0 aromatic heterocycles. The number of aliphatic carboxylic acids is 1. The third-order valence-electron chi connectivity index (χ3n) is 4.64. The van der Waals surface area contributed by atoms with Crippen molar-refractivity contribution in [2.75, 3.05) is 5.75 Å². The van der Waals surface area contributed by atoms with E-state index < -0.39 is 17.9 Å². The van der Waals surface area contributed by atoms with Gasteiger partial charge in [0, 0.05) is 18.6 Å². The molecule has 1 amide bonds. The van der Waals surface area contributed by atoms with Crippen LogP contribution in [-0.4, -0.2) is 27.9 Å². The van der Waals surface area contributed by atoms with Gasteiger partial charge in [0.25, 0.3) is 0 Å². The molecule has 154 valence electrons. The second kappa shape index (κ2) is 12.1. The Morgan fingerprint density at radius 3 is 2.17 bits per heavy atom. The molecular formula is C23H27NO4S. The van der Waals surface area contributed by atoms with E-state index in [1.54, 1.807) is 30.3 Å². The number of carbonyl (C=O) groups is 3. The molecule has 0 bridgehead atoms. The van der Waals surface area contributed by atoms with Crippen LogP contribution in [0.1, 0.15) is 43.4 Å². The monoisotopic (exact) mass is 413 g/mol. The largest absolute Gasteiger partial charge is 0.479 e. The molecule has 0 aliphatic rings. The Hall–Kier alpha value is -2.60. The van der Waals surface area contributed by atoms with Gasteiger partial charge in [-0.15, -0.1) is 0 Å². The van der Waals surface area contributed by atoms with Crippen LogP contribution < -0.4 is 5.32 Å². The lowest BCUT2D eigenvalue weighted by Gasteiger charge is -2.20. The van der Waals surface area contributed by atoms with Gasteiger partial charge >= 0.3 is 5.97 Å². The van der Waals surface area contributed by atoms with Crippen molar-refractivity contribution in [2.45, 2.75) is 38.6 Å². The van der Waals surface area contributed by atoms with Gasteiger partial charge in [-0.1, -0.05) is 78.8 Å². The van der Waals surface area contributed by atoms with E-state index in [-0.39, 0.29) is 11.0 Å². The van der Waals surface area contributed by atoms with Crippen LogP contribution in [-0.2, 0) is 20.8 Å². The first-order valence-corrected chi connectivity index (χ1v) is 10.7. The minimum Gasteiger partial charge on any atom is -0.479 e. The molecule has 0 spiro atoms. The van der Waals surface area contributed by atoms with Crippen molar-refractivity contribution in [3.05, 3.63) is 71.8 Å². The Balaban J connectivity index is 1.96. The van der Waals surface area contributed by atoms with Crippen molar-refractivity contribution in [3.8, 4) is 0 Å². The predicted molar refractivity (Wildman–Crippen MR) is 116 cm³/mol. The van der Waals surface area contributed by atoms with Crippen molar-refractivity contribution in [1.82, 2.24) is 5.32 Å². The number of nitrogens with one attached hydrogen (secondary N) is 1. The lowest BCUT2D eigenvalue weighted by molar-refractivity contribution is -0.142. The first-order valence-electron chi connectivity index (χ1n) is 9.72. The standard InChI is InChI=1S/C23H27NO4S/c1-17(25)29-16-20(15-9-8-12-18-10-4-2-5-11-18)22(26)24-21(23(27)28)19-13-6-3-7-14-19/h2-7,10-11,13-14,20-21H,8-9,12,15-16H2,1H3,(H,24,26)(H,27,28)/t20?,21-/m1/s1. The topological polar surface area (TPSA) is 83.5 Å². The fourth-order valence-corrected chi connectivity index (χ4v) is 3.82. The summed E-state index contributed by atoms with van der Waals surface area (Å²) < 4.78 is 0. The summed E-state index contributed by atoms with van der Waals surface area (Å²) in [6, 6.07) is 17.7. The van der Waals surface area contributed by atoms with Crippen LogP contribution in [0.2, 0.25) is 0 Å². The van der Waals surface area contributed by atoms with Gasteiger partial charge in [-0.2, -0.15) is 0 Å². The Morgan fingerprint density at radius 1 is 0.966 bits per heavy atom. The number of carboxylic acid groups (broad SMARTS) is 1. The van der Waals surface area contributed by atoms with E-state index in [0.29, 0.717) is 17.7 Å². The summed E-state index contributed by atoms with van der Waals surface area (Å²) in [4.78, 5) is 35.9. The molecule has 2 aromatic carbocycles. The zero-order valence-corrected chi connectivity index (χ0v) is 17.4. The third-order valence-corrected chi connectivity index (χ3v) is 5.61. The fraction of sp³-hybridized carbons (Fsp3) is 0.348. The Labute approximate surface area is 175 Å². The summed E-state index contributed by atoms with van der Waals surface area (Å²) in [6.45, 7) is 1.47. The fourth-order valence-electron chi connectivity index (χ4n) is 3.07. The van der Waals surface area contributed by atoms with E-state index in [9.17, 15) is 19.5 Å². The van der Waals surface area contributed by atoms with Crippen molar-refractivity contribution in [2.24, 2.45) is 5.92 Å². The summed E-state index contributed by atoms with van der Waals surface area (Å²) in [5, 5.41) is 12.1. The van der Waals surface area contributed by atoms with Crippen molar-refractivity contribution in [3.63, 3.8) is 0 Å². The lowest BCUT2D eigenvalue weighted by atomic mass is 9.99. The molecule has 29 heavy (non-hydrogen) atoms. The van der Waals surface area contributed by atoms with Crippen molar-refractivity contribution in [1.29, 1.82) is 0 Å². The number of thioether (sulfide) groups is 1. The summed E-state index contributed by atoms with van der Waals surface area (Å²) in [6.07, 6.45) is 3.30. The molecule has 2 aromatic rings. The van der Waals surface area contributed by atoms with E-state index in [2.05, 4.69) is 17.4 Å². The van der Waals surface area contributed by atoms with Crippen LogP contribution in [0.5, 0.6) is 0 Å². The molecule has 0 heterocycles. The average molecular weight is 414 g/mol. The number of rotatable bonds is 11. The third kappa shape index (κ3) is 8.11. The number of hydrogen-bond acceptors (Lipinski definition) is 4. The van der Waals surface area contributed by atoms with Gasteiger partial charge in [-0.25, -0.2) is 4.79 Å². The molecule has 2 N–H and O–H groups in total. The number of amides is 1. The maximum absolute atomic E-state index is 12.8. The second-order valence-electron chi connectivity index (χ2n) is 6.92. The number of carbonyl (C=O) groups excluding carboxylic acids is 2. The number of hydrogen-bond donors (Lipinski definition) is 2. The molecule has 0 radical (unpaired) electrons. The van der Waals surface area contributed by atoms with Crippen molar-refractivity contribution < 1.29 is 19.5 Å². The van der Waals surface area contributed by atoms with E-state index in [4.69, 9.17) is 0 Å². The Morgan fingerprint density at radius 2 is 1.59 bits per heavy atom. The average Bonchev–Trinajstić information content (AvgIpc) is 2.72. The normalized spacial score (nSPS) is 12.7. The predicted octanol–water partition coefficient (Wildman–Crippen LogP) is 4.24. The SMILES string of the molecule is CC(=O)SCC(CCCCc1ccccc1)C(=O)N[C@@H](C(=O)O)c1ccccc1. The molecule has 6 heteroatoms. The lowest BCUT2D eigenvalue weighted by Crippen LogP contribution is -2.38. The molecule has 2 rings (SSSR count). The number of carboxylic acids is 1. The van der Waals surface area contributed by atoms with Gasteiger partial charge in [-0.3, -0.25) is 9.59 Å². The second-order valence-corrected chi connectivity index (χ2v) is 8.12. The van der Waals surface area contributed by atoms with Gasteiger partial charge in [-0.05, 0) is 30.4 Å². The highest BCUT2D eigenvalue weighted by atomic mass is 32.2. The first-order chi connectivity index (χ1) is 14.0. The Bertz CT molecular complexity index is 795. The minimum absolute atomic E-state index is 0.0510. The Kier molecular flexibility index (Phi) is 9.44. The molecule has 5 nitrogen and oxygen atoms in total. The minimum atomic E-state index is -1.11. The van der Waals surface area contributed by atoms with Gasteiger partial charge in [0.1, 0.15) is 0 Å². The number of unbranched alkanes of at least 4 members (excludes halogenated alkanes) is 1. The quantitative estimate of drug-likeness (QED) is 0.539. The first kappa shape index (κ1) is 22.7. The summed E-state index contributed by atoms with van der Waals surface area (Å²) in [5.74, 6) is -1.49. The molecule has 0 fully saturated rings. The van der Waals surface area contributed by atoms with Crippen LogP contribution in [0.15, 0.2) is 60.7 Å². The van der Waals surface area contributed by atoms with Crippen molar-refractivity contribution >= 4 is 28.8 Å². The van der Waals surface area contributed by atoms with Crippen LogP contribution in [0.4, 0.5) is 0 Å². The number of benzene rings is 2. The van der Waals surface area contributed by atoms with Crippen LogP contribution >= 0.6 is 11.8 Å². The van der Waals surface area contributed by atoms with Crippen LogP contribution in [0.25, 0.3) is 0 Å². The zero-order chi connectivity index (χ0) is 21.1. The smallest absolute Gasteiger partial charge is 0.330 e. The van der Waals surface area contributed by atoms with Gasteiger partial charge in [0.05, 0.1) is 0 Å². The molecule has 0 aliphatic carbocycles. The van der Waals surface area contributed by atoms with Gasteiger partial charge in [0.2, 0.25) is 5.91 Å². The molecule has 1 unspecified atom stereocenters. The zero-order valence-electron chi connectivity index (χ0n) is 16.5. The molecular weight excluding hydrogens is 386 g/mol. The molecule has 0 saturated carbocycles. The highest BCUT2D eigenvalue weighted by molar-refractivity contribution is 8.13. The number of aryl methyl sites for hydroxylation is 1. The molecule has 0 saturated heterocycles. The summed E-state index contributed by atoms with van der Waals surface area (Å²) in [7, 11) is 0. The highest BCUT2D eigenvalue weighted by Crippen LogP contribution is 2.20. The maximum atomic E-state index is 12.8. The van der Waals surface area contributed by atoms with E-state index >= 15 is 0 Å². The molecule has 2 atom stereocenters. The maximum Gasteiger partial charge on any atom is 0.330 e.